The van der Waals surface area contributed by atoms with Crippen LogP contribution in [0, 0.1) is 0 Å². The molecule has 2 rings (SSSR count). The number of benzene rings is 1. The molecule has 0 aromatic heterocycles. The molecule has 1 heterocycles. The third kappa shape index (κ3) is 3.03. The lowest BCUT2D eigenvalue weighted by Gasteiger charge is -2.15. The van der Waals surface area contributed by atoms with E-state index in [0.717, 1.165) is 35.0 Å². The maximum absolute atomic E-state index is 9.42. The predicted molar refractivity (Wildman–Crippen MR) is 67.7 cm³/mol. The van der Waals surface area contributed by atoms with Gasteiger partial charge in [0, 0.05) is 28.6 Å². The molecule has 1 saturated heterocycles. The number of hydrogen-bond acceptors (Lipinski definition) is 2. The molecule has 15 heavy (non-hydrogen) atoms. The number of halogens is 2. The van der Waals surface area contributed by atoms with Gasteiger partial charge < -0.3 is 5.11 Å². The van der Waals surface area contributed by atoms with Crippen molar-refractivity contribution < 1.29 is 5.11 Å². The average Bonchev–Trinajstić information content (AvgIpc) is 2.58. The largest absolute Gasteiger partial charge is 0.392 e. The highest BCUT2D eigenvalue weighted by Crippen LogP contribution is 2.25. The van der Waals surface area contributed by atoms with E-state index in [-0.39, 0.29) is 6.10 Å². The van der Waals surface area contributed by atoms with Gasteiger partial charge in [-0.3, -0.25) is 4.90 Å². The van der Waals surface area contributed by atoms with Crippen LogP contribution < -0.4 is 0 Å². The van der Waals surface area contributed by atoms with Gasteiger partial charge in [-0.05, 0) is 56.0 Å². The molecule has 0 spiro atoms. The van der Waals surface area contributed by atoms with Gasteiger partial charge >= 0.3 is 0 Å². The molecule has 1 atom stereocenters. The third-order valence-electron chi connectivity index (χ3n) is 2.64. The van der Waals surface area contributed by atoms with Crippen molar-refractivity contribution in [1.29, 1.82) is 0 Å². The quantitative estimate of drug-likeness (QED) is 0.899. The molecular formula is C11H13Br2NO. The van der Waals surface area contributed by atoms with E-state index in [1.807, 2.05) is 6.07 Å². The van der Waals surface area contributed by atoms with Crippen LogP contribution in [0.5, 0.6) is 0 Å². The Morgan fingerprint density at radius 3 is 2.73 bits per heavy atom. The van der Waals surface area contributed by atoms with Crippen molar-refractivity contribution in [2.24, 2.45) is 0 Å². The Kier molecular flexibility index (Phi) is 3.83. The van der Waals surface area contributed by atoms with E-state index in [1.165, 1.54) is 5.56 Å². The minimum absolute atomic E-state index is 0.135. The summed E-state index contributed by atoms with van der Waals surface area (Å²) < 4.78 is 2.16. The molecule has 0 bridgehead atoms. The third-order valence-corrected chi connectivity index (χ3v) is 4.52. The molecule has 0 aliphatic carbocycles. The van der Waals surface area contributed by atoms with Gasteiger partial charge in [-0.25, -0.2) is 0 Å². The standard InChI is InChI=1S/C11H13Br2NO/c12-10-2-1-8(5-11(10)13)6-14-4-3-9(15)7-14/h1-2,5,9,15H,3-4,6-7H2/t9-/m0/s1. The summed E-state index contributed by atoms with van der Waals surface area (Å²) >= 11 is 6.94. The Hall–Kier alpha value is 0.1000. The Morgan fingerprint density at radius 1 is 1.33 bits per heavy atom. The second-order valence-corrected chi connectivity index (χ2v) is 5.63. The van der Waals surface area contributed by atoms with Crippen LogP contribution in [0.3, 0.4) is 0 Å². The first-order chi connectivity index (χ1) is 7.15. The van der Waals surface area contributed by atoms with E-state index in [4.69, 9.17) is 0 Å². The molecule has 1 aromatic rings. The van der Waals surface area contributed by atoms with Crippen LogP contribution in [0.15, 0.2) is 27.1 Å². The maximum atomic E-state index is 9.42. The average molecular weight is 335 g/mol. The highest BCUT2D eigenvalue weighted by molar-refractivity contribution is 9.13. The van der Waals surface area contributed by atoms with Gasteiger partial charge in [-0.15, -0.1) is 0 Å². The lowest BCUT2D eigenvalue weighted by molar-refractivity contribution is 0.175. The van der Waals surface area contributed by atoms with Crippen molar-refractivity contribution in [2.75, 3.05) is 13.1 Å². The van der Waals surface area contributed by atoms with Gasteiger partial charge in [-0.1, -0.05) is 6.07 Å². The smallest absolute Gasteiger partial charge is 0.0679 e. The summed E-state index contributed by atoms with van der Waals surface area (Å²) in [5, 5.41) is 9.42. The van der Waals surface area contributed by atoms with Crippen LogP contribution in [-0.4, -0.2) is 29.2 Å². The molecule has 2 nitrogen and oxygen atoms in total. The fourth-order valence-electron chi connectivity index (χ4n) is 1.85. The zero-order valence-corrected chi connectivity index (χ0v) is 11.5. The Morgan fingerprint density at radius 2 is 2.13 bits per heavy atom. The van der Waals surface area contributed by atoms with Crippen molar-refractivity contribution in [1.82, 2.24) is 4.90 Å². The summed E-state index contributed by atoms with van der Waals surface area (Å²) in [6, 6.07) is 6.28. The number of aliphatic hydroxyl groups excluding tert-OH is 1. The number of hydrogen-bond donors (Lipinski definition) is 1. The van der Waals surface area contributed by atoms with Gasteiger partial charge in [0.15, 0.2) is 0 Å². The van der Waals surface area contributed by atoms with Crippen molar-refractivity contribution in [3.05, 3.63) is 32.7 Å². The zero-order valence-electron chi connectivity index (χ0n) is 8.29. The summed E-state index contributed by atoms with van der Waals surface area (Å²) in [7, 11) is 0. The van der Waals surface area contributed by atoms with E-state index >= 15 is 0 Å². The second kappa shape index (κ2) is 4.95. The minimum atomic E-state index is -0.135. The number of nitrogens with zero attached hydrogens (tertiary/aromatic N) is 1. The normalized spacial score (nSPS) is 22.2. The number of rotatable bonds is 2. The molecule has 1 aromatic carbocycles. The molecule has 1 aliphatic heterocycles. The molecule has 1 N–H and O–H groups in total. The fourth-order valence-corrected chi connectivity index (χ4v) is 2.52. The first kappa shape index (κ1) is 11.6. The van der Waals surface area contributed by atoms with E-state index in [9.17, 15) is 5.11 Å². The summed E-state index contributed by atoms with van der Waals surface area (Å²) in [6.45, 7) is 2.71. The molecule has 0 unspecified atom stereocenters. The fraction of sp³-hybridized carbons (Fsp3) is 0.455. The highest BCUT2D eigenvalue weighted by atomic mass is 79.9. The van der Waals surface area contributed by atoms with Crippen molar-refractivity contribution in [2.45, 2.75) is 19.1 Å². The SMILES string of the molecule is O[C@H]1CCN(Cc2ccc(Br)c(Br)c2)C1. The summed E-state index contributed by atoms with van der Waals surface area (Å²) in [5.74, 6) is 0. The van der Waals surface area contributed by atoms with Crippen LogP contribution in [-0.2, 0) is 6.54 Å². The van der Waals surface area contributed by atoms with Crippen LogP contribution in [0.1, 0.15) is 12.0 Å². The first-order valence-electron chi connectivity index (χ1n) is 4.99. The number of β-amino-alcohol motifs (C(OH)–C–C–N with tert-alkyl or cyclic N) is 1. The molecule has 1 aliphatic rings. The van der Waals surface area contributed by atoms with Crippen molar-refractivity contribution in [3.63, 3.8) is 0 Å². The Bertz CT molecular complexity index is 356. The van der Waals surface area contributed by atoms with Crippen LogP contribution in [0.2, 0.25) is 0 Å². The summed E-state index contributed by atoms with van der Waals surface area (Å²) in [6.07, 6.45) is 0.765. The van der Waals surface area contributed by atoms with Crippen LogP contribution in [0.4, 0.5) is 0 Å². The van der Waals surface area contributed by atoms with Gasteiger partial charge in [-0.2, -0.15) is 0 Å². The molecule has 1 fully saturated rings. The van der Waals surface area contributed by atoms with Gasteiger partial charge in [0.2, 0.25) is 0 Å². The first-order valence-corrected chi connectivity index (χ1v) is 6.58. The van der Waals surface area contributed by atoms with Gasteiger partial charge in [0.05, 0.1) is 6.10 Å². The van der Waals surface area contributed by atoms with Gasteiger partial charge in [0.1, 0.15) is 0 Å². The molecule has 0 amide bonds. The lowest BCUT2D eigenvalue weighted by Crippen LogP contribution is -2.21. The van der Waals surface area contributed by atoms with E-state index in [1.54, 1.807) is 0 Å². The molecule has 0 radical (unpaired) electrons. The topological polar surface area (TPSA) is 23.5 Å². The number of likely N-dealkylation sites (tertiary alicyclic amines) is 1. The van der Waals surface area contributed by atoms with E-state index in [0.29, 0.717) is 0 Å². The van der Waals surface area contributed by atoms with E-state index < -0.39 is 0 Å². The molecule has 4 heteroatoms. The monoisotopic (exact) mass is 333 g/mol. The maximum Gasteiger partial charge on any atom is 0.0679 e. The molecular weight excluding hydrogens is 322 g/mol. The lowest BCUT2D eigenvalue weighted by atomic mass is 10.2. The summed E-state index contributed by atoms with van der Waals surface area (Å²) in [5.41, 5.74) is 1.28. The Labute approximate surface area is 107 Å². The Balaban J connectivity index is 2.02. The molecule has 82 valence electrons. The van der Waals surface area contributed by atoms with Crippen molar-refractivity contribution in [3.8, 4) is 0 Å². The van der Waals surface area contributed by atoms with E-state index in [2.05, 4.69) is 48.9 Å². The predicted octanol–water partition coefficient (Wildman–Crippen LogP) is 2.78. The van der Waals surface area contributed by atoms with Crippen molar-refractivity contribution >= 4 is 31.9 Å². The van der Waals surface area contributed by atoms with Crippen LogP contribution in [0.25, 0.3) is 0 Å². The van der Waals surface area contributed by atoms with Gasteiger partial charge in [0.25, 0.3) is 0 Å². The minimum Gasteiger partial charge on any atom is -0.392 e. The highest BCUT2D eigenvalue weighted by Gasteiger charge is 2.19. The second-order valence-electron chi connectivity index (χ2n) is 3.93. The van der Waals surface area contributed by atoms with Crippen LogP contribution >= 0.6 is 31.9 Å². The summed E-state index contributed by atoms with van der Waals surface area (Å²) in [4.78, 5) is 2.28. The number of aliphatic hydroxyl groups is 1. The molecule has 0 saturated carbocycles. The zero-order chi connectivity index (χ0) is 10.8.